The Morgan fingerprint density at radius 2 is 1.41 bits per heavy atom. The van der Waals surface area contributed by atoms with Crippen molar-refractivity contribution in [3.8, 4) is 22.6 Å². The number of methoxy groups -OCH3 is 1. The predicted octanol–water partition coefficient (Wildman–Crippen LogP) is 5.15. The van der Waals surface area contributed by atoms with Crippen LogP contribution in [0.3, 0.4) is 0 Å². The maximum atomic E-state index is 12.5. The SMILES string of the molecule is CCCOC(=O)c1ccc(OC(=O)c2ccc(-c3ccccc3)cc2)c(OC)c1. The molecule has 29 heavy (non-hydrogen) atoms. The number of benzene rings is 3. The van der Waals surface area contributed by atoms with Crippen molar-refractivity contribution in [2.45, 2.75) is 13.3 Å². The highest BCUT2D eigenvalue weighted by Crippen LogP contribution is 2.29. The highest BCUT2D eigenvalue weighted by molar-refractivity contribution is 5.93. The Balaban J connectivity index is 1.73. The average Bonchev–Trinajstić information content (AvgIpc) is 2.78. The van der Waals surface area contributed by atoms with Crippen LogP contribution >= 0.6 is 0 Å². The fourth-order valence-electron chi connectivity index (χ4n) is 2.75. The minimum atomic E-state index is -0.510. The van der Waals surface area contributed by atoms with Gasteiger partial charge in [0.1, 0.15) is 0 Å². The summed E-state index contributed by atoms with van der Waals surface area (Å²) in [5.41, 5.74) is 2.83. The van der Waals surface area contributed by atoms with Gasteiger partial charge in [0.05, 0.1) is 24.8 Å². The Hall–Kier alpha value is -3.60. The molecule has 0 aliphatic carbocycles. The second kappa shape index (κ2) is 9.55. The molecule has 0 atom stereocenters. The van der Waals surface area contributed by atoms with Crippen LogP contribution in [0.15, 0.2) is 72.8 Å². The molecule has 0 aliphatic rings. The number of rotatable bonds is 7. The molecule has 0 bridgehead atoms. The van der Waals surface area contributed by atoms with Crippen molar-refractivity contribution in [2.75, 3.05) is 13.7 Å². The number of hydrogen-bond acceptors (Lipinski definition) is 5. The van der Waals surface area contributed by atoms with Crippen molar-refractivity contribution >= 4 is 11.9 Å². The summed E-state index contributed by atoms with van der Waals surface area (Å²) in [5.74, 6) is -0.439. The van der Waals surface area contributed by atoms with Gasteiger partial charge in [-0.2, -0.15) is 0 Å². The van der Waals surface area contributed by atoms with Crippen molar-refractivity contribution in [1.29, 1.82) is 0 Å². The van der Waals surface area contributed by atoms with Gasteiger partial charge in [0, 0.05) is 0 Å². The molecule has 5 heteroatoms. The number of hydrogen-bond donors (Lipinski definition) is 0. The van der Waals surface area contributed by atoms with E-state index in [9.17, 15) is 9.59 Å². The van der Waals surface area contributed by atoms with E-state index in [0.717, 1.165) is 17.5 Å². The Kier molecular flexibility index (Phi) is 6.63. The van der Waals surface area contributed by atoms with Crippen LogP contribution in [0, 0.1) is 0 Å². The Morgan fingerprint density at radius 3 is 2.07 bits per heavy atom. The average molecular weight is 390 g/mol. The van der Waals surface area contributed by atoms with Gasteiger partial charge in [-0.3, -0.25) is 0 Å². The van der Waals surface area contributed by atoms with Gasteiger partial charge in [-0.05, 0) is 47.9 Å². The zero-order chi connectivity index (χ0) is 20.6. The number of carbonyl (C=O) groups is 2. The molecule has 0 saturated heterocycles. The first-order valence-corrected chi connectivity index (χ1v) is 9.35. The molecule has 0 radical (unpaired) electrons. The highest BCUT2D eigenvalue weighted by Gasteiger charge is 2.16. The summed E-state index contributed by atoms with van der Waals surface area (Å²) in [6, 6.07) is 21.6. The predicted molar refractivity (Wildman–Crippen MR) is 110 cm³/mol. The van der Waals surface area contributed by atoms with Crippen molar-refractivity contribution in [3.63, 3.8) is 0 Å². The third kappa shape index (κ3) is 5.02. The first-order valence-electron chi connectivity index (χ1n) is 9.35. The third-order valence-corrected chi connectivity index (χ3v) is 4.27. The molecule has 0 unspecified atom stereocenters. The molecule has 0 fully saturated rings. The van der Waals surface area contributed by atoms with Crippen LogP contribution < -0.4 is 9.47 Å². The number of esters is 2. The fourth-order valence-corrected chi connectivity index (χ4v) is 2.75. The maximum absolute atomic E-state index is 12.5. The van der Waals surface area contributed by atoms with Crippen molar-refractivity contribution in [2.24, 2.45) is 0 Å². The van der Waals surface area contributed by atoms with Gasteiger partial charge < -0.3 is 14.2 Å². The molecule has 0 N–H and O–H groups in total. The van der Waals surface area contributed by atoms with Gasteiger partial charge >= 0.3 is 11.9 Å². The second-order valence-electron chi connectivity index (χ2n) is 6.33. The Labute approximate surface area is 169 Å². The lowest BCUT2D eigenvalue weighted by Crippen LogP contribution is -2.10. The molecular weight excluding hydrogens is 368 g/mol. The van der Waals surface area contributed by atoms with Gasteiger partial charge in [0.2, 0.25) is 0 Å². The van der Waals surface area contributed by atoms with E-state index in [1.54, 1.807) is 18.2 Å². The van der Waals surface area contributed by atoms with Gasteiger partial charge in [-0.1, -0.05) is 49.4 Å². The molecule has 5 nitrogen and oxygen atoms in total. The summed E-state index contributed by atoms with van der Waals surface area (Å²) in [6.07, 6.45) is 0.738. The summed E-state index contributed by atoms with van der Waals surface area (Å²) >= 11 is 0. The minimum Gasteiger partial charge on any atom is -0.493 e. The minimum absolute atomic E-state index is 0.233. The standard InChI is InChI=1S/C24H22O5/c1-3-15-28-23(25)20-13-14-21(22(16-20)27-2)29-24(26)19-11-9-18(10-12-19)17-7-5-4-6-8-17/h4-14,16H,3,15H2,1-2H3. The van der Waals surface area contributed by atoms with Crippen LogP contribution in [-0.2, 0) is 4.74 Å². The molecule has 0 saturated carbocycles. The van der Waals surface area contributed by atoms with E-state index < -0.39 is 11.9 Å². The monoisotopic (exact) mass is 390 g/mol. The largest absolute Gasteiger partial charge is 0.493 e. The van der Waals surface area contributed by atoms with Crippen LogP contribution in [0.2, 0.25) is 0 Å². The van der Waals surface area contributed by atoms with Gasteiger partial charge in [-0.15, -0.1) is 0 Å². The van der Waals surface area contributed by atoms with Crippen LogP contribution in [0.1, 0.15) is 34.1 Å². The van der Waals surface area contributed by atoms with Gasteiger partial charge in [0.25, 0.3) is 0 Å². The molecule has 3 aromatic rings. The lowest BCUT2D eigenvalue weighted by molar-refractivity contribution is 0.0504. The third-order valence-electron chi connectivity index (χ3n) is 4.27. The number of ether oxygens (including phenoxy) is 3. The summed E-state index contributed by atoms with van der Waals surface area (Å²) in [6.45, 7) is 2.26. The van der Waals surface area contributed by atoms with Crippen molar-refractivity contribution < 1.29 is 23.8 Å². The van der Waals surface area contributed by atoms with Gasteiger partial charge in [0.15, 0.2) is 11.5 Å². The van der Waals surface area contributed by atoms with E-state index in [-0.39, 0.29) is 11.5 Å². The Morgan fingerprint density at radius 1 is 0.759 bits per heavy atom. The van der Waals surface area contributed by atoms with E-state index in [0.29, 0.717) is 17.7 Å². The molecule has 0 amide bonds. The fraction of sp³-hybridized carbons (Fsp3) is 0.167. The molecule has 0 spiro atoms. The normalized spacial score (nSPS) is 10.3. The topological polar surface area (TPSA) is 61.8 Å². The smallest absolute Gasteiger partial charge is 0.343 e. The molecule has 0 heterocycles. The lowest BCUT2D eigenvalue weighted by atomic mass is 10.0. The van der Waals surface area contributed by atoms with Crippen LogP contribution in [-0.4, -0.2) is 25.7 Å². The summed E-state index contributed by atoms with van der Waals surface area (Å²) in [7, 11) is 1.45. The molecule has 0 aliphatic heterocycles. The van der Waals surface area contributed by atoms with E-state index in [4.69, 9.17) is 14.2 Å². The van der Waals surface area contributed by atoms with Gasteiger partial charge in [-0.25, -0.2) is 9.59 Å². The maximum Gasteiger partial charge on any atom is 0.343 e. The zero-order valence-corrected chi connectivity index (χ0v) is 16.4. The molecule has 0 aromatic heterocycles. The quantitative estimate of drug-likeness (QED) is 0.412. The Bertz CT molecular complexity index is 978. The van der Waals surface area contributed by atoms with E-state index in [2.05, 4.69) is 0 Å². The molecule has 148 valence electrons. The van der Waals surface area contributed by atoms with Crippen molar-refractivity contribution in [1.82, 2.24) is 0 Å². The first-order chi connectivity index (χ1) is 14.1. The van der Waals surface area contributed by atoms with Crippen LogP contribution in [0.4, 0.5) is 0 Å². The number of carbonyl (C=O) groups excluding carboxylic acids is 2. The second-order valence-corrected chi connectivity index (χ2v) is 6.33. The first kappa shape index (κ1) is 20.1. The molecule has 3 aromatic carbocycles. The van der Waals surface area contributed by atoms with E-state index in [1.807, 2.05) is 49.4 Å². The summed E-state index contributed by atoms with van der Waals surface area (Å²) < 4.78 is 15.8. The van der Waals surface area contributed by atoms with E-state index >= 15 is 0 Å². The van der Waals surface area contributed by atoms with Crippen LogP contribution in [0.25, 0.3) is 11.1 Å². The highest BCUT2D eigenvalue weighted by atomic mass is 16.6. The zero-order valence-electron chi connectivity index (χ0n) is 16.4. The molecular formula is C24H22O5. The molecule has 3 rings (SSSR count). The summed E-state index contributed by atoms with van der Waals surface area (Å²) in [5, 5.41) is 0. The summed E-state index contributed by atoms with van der Waals surface area (Å²) in [4.78, 5) is 24.5. The van der Waals surface area contributed by atoms with Crippen molar-refractivity contribution in [3.05, 3.63) is 83.9 Å². The van der Waals surface area contributed by atoms with Crippen LogP contribution in [0.5, 0.6) is 11.5 Å². The van der Waals surface area contributed by atoms with E-state index in [1.165, 1.54) is 19.2 Å². The lowest BCUT2D eigenvalue weighted by Gasteiger charge is -2.11.